The standard InChI is InChI=1S/C19H22N4OS/c1-12-21-16(13-9-14(24)10-13)11-18(22-12)20-8-4-7-19-23-15-5-2-3-6-17(15)25-19/h2-3,5-6,11,13-14,24H,4,7-10H2,1H3,(H,20,21,22). The molecule has 2 N–H and O–H groups in total. The molecular weight excluding hydrogens is 332 g/mol. The first-order valence-electron chi connectivity index (χ1n) is 8.79. The molecular formula is C19H22N4OS. The van der Waals surface area contributed by atoms with Gasteiger partial charge in [0.05, 0.1) is 21.3 Å². The zero-order valence-electron chi connectivity index (χ0n) is 14.3. The Morgan fingerprint density at radius 3 is 2.84 bits per heavy atom. The molecule has 0 saturated heterocycles. The smallest absolute Gasteiger partial charge is 0.129 e. The van der Waals surface area contributed by atoms with Crippen LogP contribution in [0.25, 0.3) is 10.2 Å². The van der Waals surface area contributed by atoms with Gasteiger partial charge >= 0.3 is 0 Å². The SMILES string of the molecule is Cc1nc(NCCCc2nc3ccccc3s2)cc(C2CC(O)C2)n1. The molecule has 0 unspecified atom stereocenters. The van der Waals surface area contributed by atoms with Gasteiger partial charge in [0.1, 0.15) is 11.6 Å². The zero-order chi connectivity index (χ0) is 17.2. The first-order chi connectivity index (χ1) is 12.2. The van der Waals surface area contributed by atoms with Gasteiger partial charge in [0.25, 0.3) is 0 Å². The molecule has 25 heavy (non-hydrogen) atoms. The predicted molar refractivity (Wildman–Crippen MR) is 101 cm³/mol. The number of aryl methyl sites for hydroxylation is 2. The highest BCUT2D eigenvalue weighted by Gasteiger charge is 2.30. The Balaban J connectivity index is 1.32. The minimum atomic E-state index is -0.162. The van der Waals surface area contributed by atoms with Crippen molar-refractivity contribution in [1.29, 1.82) is 0 Å². The number of aliphatic hydroxyl groups is 1. The number of anilines is 1. The van der Waals surface area contributed by atoms with Gasteiger partial charge in [0.15, 0.2) is 0 Å². The first-order valence-corrected chi connectivity index (χ1v) is 9.61. The van der Waals surface area contributed by atoms with Crippen LogP contribution in [-0.4, -0.2) is 32.7 Å². The van der Waals surface area contributed by atoms with Gasteiger partial charge in [-0.15, -0.1) is 11.3 Å². The fourth-order valence-electron chi connectivity index (χ4n) is 3.20. The van der Waals surface area contributed by atoms with Crippen molar-refractivity contribution >= 4 is 27.4 Å². The number of thiazole rings is 1. The molecule has 1 saturated carbocycles. The van der Waals surface area contributed by atoms with Gasteiger partial charge in [-0.1, -0.05) is 12.1 Å². The molecule has 130 valence electrons. The van der Waals surface area contributed by atoms with Crippen molar-refractivity contribution in [2.45, 2.75) is 44.6 Å². The summed E-state index contributed by atoms with van der Waals surface area (Å²) < 4.78 is 1.25. The van der Waals surface area contributed by atoms with Crippen molar-refractivity contribution in [3.8, 4) is 0 Å². The summed E-state index contributed by atoms with van der Waals surface area (Å²) in [4.78, 5) is 13.7. The fourth-order valence-corrected chi connectivity index (χ4v) is 4.21. The van der Waals surface area contributed by atoms with Crippen molar-refractivity contribution < 1.29 is 5.11 Å². The van der Waals surface area contributed by atoms with Gasteiger partial charge in [-0.25, -0.2) is 15.0 Å². The second-order valence-electron chi connectivity index (χ2n) is 6.65. The Bertz CT molecular complexity index is 840. The average Bonchev–Trinajstić information content (AvgIpc) is 2.98. The number of rotatable bonds is 6. The molecule has 4 rings (SSSR count). The van der Waals surface area contributed by atoms with E-state index in [1.165, 1.54) is 9.71 Å². The number of para-hydroxylation sites is 1. The Kier molecular flexibility index (Phi) is 4.63. The highest BCUT2D eigenvalue weighted by Crippen LogP contribution is 2.36. The summed E-state index contributed by atoms with van der Waals surface area (Å²) in [5, 5.41) is 14.1. The van der Waals surface area contributed by atoms with Crippen LogP contribution in [0, 0.1) is 6.92 Å². The largest absolute Gasteiger partial charge is 0.393 e. The minimum Gasteiger partial charge on any atom is -0.393 e. The number of benzene rings is 1. The number of nitrogens with one attached hydrogen (secondary N) is 1. The quantitative estimate of drug-likeness (QED) is 0.661. The van der Waals surface area contributed by atoms with Crippen molar-refractivity contribution in [2.75, 3.05) is 11.9 Å². The number of fused-ring (bicyclic) bond motifs is 1. The third-order valence-corrected chi connectivity index (χ3v) is 5.70. The van der Waals surface area contributed by atoms with Crippen molar-refractivity contribution in [3.05, 3.63) is 46.9 Å². The summed E-state index contributed by atoms with van der Waals surface area (Å²) in [5.41, 5.74) is 2.14. The average molecular weight is 354 g/mol. The Hall–Kier alpha value is -2.05. The topological polar surface area (TPSA) is 70.9 Å². The summed E-state index contributed by atoms with van der Waals surface area (Å²) in [5.74, 6) is 2.04. The van der Waals surface area contributed by atoms with E-state index in [-0.39, 0.29) is 6.10 Å². The molecule has 2 aromatic heterocycles. The lowest BCUT2D eigenvalue weighted by Crippen LogP contribution is -2.27. The van der Waals surface area contributed by atoms with E-state index in [0.29, 0.717) is 5.92 Å². The minimum absolute atomic E-state index is 0.162. The van der Waals surface area contributed by atoms with Crippen molar-refractivity contribution in [3.63, 3.8) is 0 Å². The maximum Gasteiger partial charge on any atom is 0.129 e. The van der Waals surface area contributed by atoms with E-state index in [1.54, 1.807) is 11.3 Å². The molecule has 1 fully saturated rings. The van der Waals surface area contributed by atoms with Gasteiger partial charge in [-0.05, 0) is 38.3 Å². The summed E-state index contributed by atoms with van der Waals surface area (Å²) >= 11 is 1.77. The maximum absolute atomic E-state index is 9.49. The summed E-state index contributed by atoms with van der Waals surface area (Å²) in [6.45, 7) is 2.78. The number of hydrogen-bond donors (Lipinski definition) is 2. The first kappa shape index (κ1) is 16.4. The second-order valence-corrected chi connectivity index (χ2v) is 7.77. The number of aromatic nitrogens is 3. The lowest BCUT2D eigenvalue weighted by molar-refractivity contribution is 0.0731. The number of aliphatic hydroxyl groups excluding tert-OH is 1. The normalized spacial score (nSPS) is 19.8. The molecule has 1 aromatic carbocycles. The van der Waals surface area contributed by atoms with E-state index in [2.05, 4.69) is 38.5 Å². The maximum atomic E-state index is 9.49. The van der Waals surface area contributed by atoms with E-state index in [1.807, 2.05) is 19.1 Å². The van der Waals surface area contributed by atoms with Gasteiger partial charge in [-0.2, -0.15) is 0 Å². The van der Waals surface area contributed by atoms with Crippen LogP contribution < -0.4 is 5.32 Å². The van der Waals surface area contributed by atoms with Gasteiger partial charge in [-0.3, -0.25) is 0 Å². The van der Waals surface area contributed by atoms with E-state index < -0.39 is 0 Å². The van der Waals surface area contributed by atoms with Crippen molar-refractivity contribution in [1.82, 2.24) is 15.0 Å². The molecule has 0 bridgehead atoms. The molecule has 6 heteroatoms. The fraction of sp³-hybridized carbons (Fsp3) is 0.421. The van der Waals surface area contributed by atoms with Crippen LogP contribution in [0.2, 0.25) is 0 Å². The number of hydrogen-bond acceptors (Lipinski definition) is 6. The molecule has 2 heterocycles. The summed E-state index contributed by atoms with van der Waals surface area (Å²) in [6, 6.07) is 10.3. The van der Waals surface area contributed by atoms with E-state index in [4.69, 9.17) is 0 Å². The Morgan fingerprint density at radius 1 is 1.20 bits per heavy atom. The van der Waals surface area contributed by atoms with Gasteiger partial charge in [0.2, 0.25) is 0 Å². The lowest BCUT2D eigenvalue weighted by atomic mass is 9.80. The van der Waals surface area contributed by atoms with Crippen LogP contribution in [-0.2, 0) is 6.42 Å². The highest BCUT2D eigenvalue weighted by molar-refractivity contribution is 7.18. The monoisotopic (exact) mass is 354 g/mol. The second kappa shape index (κ2) is 7.06. The zero-order valence-corrected chi connectivity index (χ0v) is 15.1. The van der Waals surface area contributed by atoms with Crippen LogP contribution in [0.4, 0.5) is 5.82 Å². The van der Waals surface area contributed by atoms with Gasteiger partial charge < -0.3 is 10.4 Å². The van der Waals surface area contributed by atoms with Crippen LogP contribution in [0.1, 0.15) is 41.7 Å². The molecule has 3 aromatic rings. The third kappa shape index (κ3) is 3.80. The molecule has 0 amide bonds. The lowest BCUT2D eigenvalue weighted by Gasteiger charge is -2.31. The Morgan fingerprint density at radius 2 is 2.04 bits per heavy atom. The molecule has 0 aliphatic heterocycles. The van der Waals surface area contributed by atoms with Gasteiger partial charge in [0, 0.05) is 30.6 Å². The molecule has 1 aliphatic rings. The van der Waals surface area contributed by atoms with E-state index in [9.17, 15) is 5.11 Å². The molecule has 0 spiro atoms. The van der Waals surface area contributed by atoms with Crippen LogP contribution in [0.5, 0.6) is 0 Å². The van der Waals surface area contributed by atoms with Crippen LogP contribution >= 0.6 is 11.3 Å². The third-order valence-electron chi connectivity index (χ3n) is 4.60. The van der Waals surface area contributed by atoms with Crippen LogP contribution in [0.3, 0.4) is 0 Å². The van der Waals surface area contributed by atoms with Crippen LogP contribution in [0.15, 0.2) is 30.3 Å². The van der Waals surface area contributed by atoms with E-state index in [0.717, 1.165) is 55.1 Å². The summed E-state index contributed by atoms with van der Waals surface area (Å²) in [7, 11) is 0. The predicted octanol–water partition coefficient (Wildman–Crippen LogP) is 3.68. The molecule has 0 atom stereocenters. The molecule has 0 radical (unpaired) electrons. The molecule has 1 aliphatic carbocycles. The summed E-state index contributed by atoms with van der Waals surface area (Å²) in [6.07, 6.45) is 3.45. The number of nitrogens with zero attached hydrogens (tertiary/aromatic N) is 3. The highest BCUT2D eigenvalue weighted by atomic mass is 32.1. The molecule has 5 nitrogen and oxygen atoms in total. The van der Waals surface area contributed by atoms with Crippen molar-refractivity contribution in [2.24, 2.45) is 0 Å². The van der Waals surface area contributed by atoms with E-state index >= 15 is 0 Å². The Labute approximate surface area is 151 Å².